The van der Waals surface area contributed by atoms with Crippen LogP contribution in [0.25, 0.3) is 0 Å². The summed E-state index contributed by atoms with van der Waals surface area (Å²) in [5.41, 5.74) is 0. The van der Waals surface area contributed by atoms with Crippen molar-refractivity contribution < 1.29 is 0 Å². The maximum atomic E-state index is 3.72. The molecule has 1 nitrogen and oxygen atoms in total. The molecular formula is C14H23NS. The molecule has 90 valence electrons. The van der Waals surface area contributed by atoms with Gasteiger partial charge in [-0.05, 0) is 44.2 Å². The first kappa shape index (κ1) is 12.1. The SMILES string of the molecule is Cc1ccc(CNC2CCCC(C)CC2)s1. The van der Waals surface area contributed by atoms with Crippen molar-refractivity contribution >= 4 is 11.3 Å². The van der Waals surface area contributed by atoms with E-state index in [0.29, 0.717) is 0 Å². The molecule has 16 heavy (non-hydrogen) atoms. The van der Waals surface area contributed by atoms with Crippen LogP contribution in [0.5, 0.6) is 0 Å². The Balaban J connectivity index is 1.77. The van der Waals surface area contributed by atoms with E-state index in [-0.39, 0.29) is 0 Å². The van der Waals surface area contributed by atoms with E-state index in [2.05, 4.69) is 31.3 Å². The molecule has 0 saturated heterocycles. The van der Waals surface area contributed by atoms with Gasteiger partial charge in [0.25, 0.3) is 0 Å². The lowest BCUT2D eigenvalue weighted by molar-refractivity contribution is 0.449. The van der Waals surface area contributed by atoms with Gasteiger partial charge in [0.05, 0.1) is 0 Å². The van der Waals surface area contributed by atoms with E-state index in [9.17, 15) is 0 Å². The minimum atomic E-state index is 0.757. The van der Waals surface area contributed by atoms with Crippen LogP contribution in [-0.4, -0.2) is 6.04 Å². The van der Waals surface area contributed by atoms with Gasteiger partial charge in [-0.1, -0.05) is 19.8 Å². The third-order valence-corrected chi connectivity index (χ3v) is 4.62. The van der Waals surface area contributed by atoms with Gasteiger partial charge < -0.3 is 5.32 Å². The van der Waals surface area contributed by atoms with E-state index in [1.807, 2.05) is 11.3 Å². The summed E-state index contributed by atoms with van der Waals surface area (Å²) in [5, 5.41) is 3.72. The fourth-order valence-corrected chi connectivity index (χ4v) is 3.36. The van der Waals surface area contributed by atoms with Gasteiger partial charge in [-0.15, -0.1) is 11.3 Å². The molecular weight excluding hydrogens is 214 g/mol. The fourth-order valence-electron chi connectivity index (χ4n) is 2.52. The van der Waals surface area contributed by atoms with Crippen LogP contribution in [0, 0.1) is 12.8 Å². The zero-order valence-electron chi connectivity index (χ0n) is 10.5. The predicted octanol–water partition coefficient (Wildman–Crippen LogP) is 4.11. The van der Waals surface area contributed by atoms with E-state index in [0.717, 1.165) is 18.5 Å². The minimum absolute atomic E-state index is 0.757. The van der Waals surface area contributed by atoms with Gasteiger partial charge in [0.1, 0.15) is 0 Å². The number of thiophene rings is 1. The lowest BCUT2D eigenvalue weighted by atomic mass is 10.0. The molecule has 2 atom stereocenters. The van der Waals surface area contributed by atoms with Gasteiger partial charge >= 0.3 is 0 Å². The first-order chi connectivity index (χ1) is 7.74. The second-order valence-corrected chi connectivity index (χ2v) is 6.58. The molecule has 0 aliphatic heterocycles. The molecule has 1 N–H and O–H groups in total. The molecule has 0 amide bonds. The number of hydrogen-bond acceptors (Lipinski definition) is 2. The Morgan fingerprint density at radius 1 is 1.25 bits per heavy atom. The van der Waals surface area contributed by atoms with Gasteiger partial charge in [-0.2, -0.15) is 0 Å². The molecule has 0 aromatic carbocycles. The quantitative estimate of drug-likeness (QED) is 0.780. The summed E-state index contributed by atoms with van der Waals surface area (Å²) >= 11 is 1.92. The molecule has 1 aliphatic rings. The molecule has 1 saturated carbocycles. The Labute approximate surface area is 103 Å². The Bertz CT molecular complexity index is 318. The van der Waals surface area contributed by atoms with E-state index in [1.165, 1.54) is 41.9 Å². The summed E-state index contributed by atoms with van der Waals surface area (Å²) in [5.74, 6) is 0.941. The predicted molar refractivity (Wildman–Crippen MR) is 71.9 cm³/mol. The molecule has 2 unspecified atom stereocenters. The molecule has 1 heterocycles. The van der Waals surface area contributed by atoms with Crippen molar-refractivity contribution in [2.24, 2.45) is 5.92 Å². The highest BCUT2D eigenvalue weighted by Gasteiger charge is 2.15. The summed E-state index contributed by atoms with van der Waals surface area (Å²) < 4.78 is 0. The third-order valence-electron chi connectivity index (χ3n) is 3.62. The first-order valence-corrected chi connectivity index (χ1v) is 7.34. The van der Waals surface area contributed by atoms with Crippen LogP contribution in [0.15, 0.2) is 12.1 Å². The van der Waals surface area contributed by atoms with Crippen LogP contribution in [0.2, 0.25) is 0 Å². The summed E-state index contributed by atoms with van der Waals surface area (Å²) in [6, 6.07) is 5.23. The van der Waals surface area contributed by atoms with E-state index in [1.54, 1.807) is 0 Å². The normalized spacial score (nSPS) is 26.6. The number of aryl methyl sites for hydroxylation is 1. The van der Waals surface area contributed by atoms with Crippen molar-refractivity contribution in [3.63, 3.8) is 0 Å². The average molecular weight is 237 g/mol. The van der Waals surface area contributed by atoms with Gasteiger partial charge in [0.2, 0.25) is 0 Å². The molecule has 2 heteroatoms. The van der Waals surface area contributed by atoms with Gasteiger partial charge in [0, 0.05) is 22.3 Å². The van der Waals surface area contributed by atoms with Crippen LogP contribution in [-0.2, 0) is 6.54 Å². The Hall–Kier alpha value is -0.340. The minimum Gasteiger partial charge on any atom is -0.309 e. The maximum Gasteiger partial charge on any atom is 0.0302 e. The summed E-state index contributed by atoms with van der Waals surface area (Å²) in [6.07, 6.45) is 6.97. The second-order valence-electron chi connectivity index (χ2n) is 5.20. The standard InChI is InChI=1S/C14H23NS/c1-11-4-3-5-13(8-6-11)15-10-14-9-7-12(2)16-14/h7,9,11,13,15H,3-6,8,10H2,1-2H3. The van der Waals surface area contributed by atoms with Crippen molar-refractivity contribution in [2.75, 3.05) is 0 Å². The molecule has 2 rings (SSSR count). The Morgan fingerprint density at radius 2 is 2.12 bits per heavy atom. The highest BCUT2D eigenvalue weighted by Crippen LogP contribution is 2.23. The summed E-state index contributed by atoms with van der Waals surface area (Å²) in [6.45, 7) is 5.64. The van der Waals surface area contributed by atoms with Crippen LogP contribution >= 0.6 is 11.3 Å². The van der Waals surface area contributed by atoms with Crippen LogP contribution in [0.3, 0.4) is 0 Å². The lowest BCUT2D eigenvalue weighted by Gasteiger charge is -2.15. The molecule has 0 spiro atoms. The number of nitrogens with one attached hydrogen (secondary N) is 1. The highest BCUT2D eigenvalue weighted by atomic mass is 32.1. The molecule has 1 aromatic heterocycles. The number of hydrogen-bond donors (Lipinski definition) is 1. The van der Waals surface area contributed by atoms with E-state index in [4.69, 9.17) is 0 Å². The lowest BCUT2D eigenvalue weighted by Crippen LogP contribution is -2.27. The Kier molecular flexibility index (Phi) is 4.42. The van der Waals surface area contributed by atoms with Crippen molar-refractivity contribution in [3.8, 4) is 0 Å². The van der Waals surface area contributed by atoms with Crippen molar-refractivity contribution in [1.82, 2.24) is 5.32 Å². The van der Waals surface area contributed by atoms with Crippen LogP contribution in [0.4, 0.5) is 0 Å². The smallest absolute Gasteiger partial charge is 0.0302 e. The highest BCUT2D eigenvalue weighted by molar-refractivity contribution is 7.11. The van der Waals surface area contributed by atoms with Gasteiger partial charge in [-0.3, -0.25) is 0 Å². The zero-order chi connectivity index (χ0) is 11.4. The molecule has 0 bridgehead atoms. The van der Waals surface area contributed by atoms with Gasteiger partial charge in [-0.25, -0.2) is 0 Å². The molecule has 1 aliphatic carbocycles. The average Bonchev–Trinajstić information content (AvgIpc) is 2.56. The van der Waals surface area contributed by atoms with Crippen LogP contribution < -0.4 is 5.32 Å². The molecule has 1 fully saturated rings. The Morgan fingerprint density at radius 3 is 2.88 bits per heavy atom. The topological polar surface area (TPSA) is 12.0 Å². The summed E-state index contributed by atoms with van der Waals surface area (Å²) in [7, 11) is 0. The molecule has 0 radical (unpaired) electrons. The second kappa shape index (κ2) is 5.83. The largest absolute Gasteiger partial charge is 0.309 e. The zero-order valence-corrected chi connectivity index (χ0v) is 11.3. The van der Waals surface area contributed by atoms with Crippen LogP contribution in [0.1, 0.15) is 48.8 Å². The fraction of sp³-hybridized carbons (Fsp3) is 0.714. The van der Waals surface area contributed by atoms with Crippen molar-refractivity contribution in [2.45, 2.75) is 58.5 Å². The first-order valence-electron chi connectivity index (χ1n) is 6.53. The number of rotatable bonds is 3. The van der Waals surface area contributed by atoms with E-state index >= 15 is 0 Å². The maximum absolute atomic E-state index is 3.72. The monoisotopic (exact) mass is 237 g/mol. The van der Waals surface area contributed by atoms with Crippen molar-refractivity contribution in [3.05, 3.63) is 21.9 Å². The molecule has 1 aromatic rings. The van der Waals surface area contributed by atoms with Gasteiger partial charge in [0.15, 0.2) is 0 Å². The third kappa shape index (κ3) is 3.60. The van der Waals surface area contributed by atoms with E-state index < -0.39 is 0 Å². The van der Waals surface area contributed by atoms with Crippen molar-refractivity contribution in [1.29, 1.82) is 0 Å². The summed E-state index contributed by atoms with van der Waals surface area (Å²) in [4.78, 5) is 2.90.